The second-order valence-corrected chi connectivity index (χ2v) is 3.37. The second kappa shape index (κ2) is 4.67. The van der Waals surface area contributed by atoms with Crippen LogP contribution in [0.4, 0.5) is 14.5 Å². The molecule has 2 rings (SSSR count). The molecule has 2 aromatic rings. The highest BCUT2D eigenvalue weighted by Crippen LogP contribution is 2.28. The summed E-state index contributed by atoms with van der Waals surface area (Å²) in [6.07, 6.45) is 1.38. The standard InChI is InChI=1S/C12H7F2N3O/c13-8-5-11(9(14)4-10(8)16)18-12-7(6-15)2-1-3-17-12/h1-5H,16H2. The first-order valence-corrected chi connectivity index (χ1v) is 4.89. The molecule has 1 heterocycles. The highest BCUT2D eigenvalue weighted by Gasteiger charge is 2.12. The quantitative estimate of drug-likeness (QED) is 0.828. The molecule has 0 atom stereocenters. The first-order chi connectivity index (χ1) is 8.61. The number of rotatable bonds is 2. The van der Waals surface area contributed by atoms with Crippen molar-refractivity contribution < 1.29 is 13.5 Å². The Labute approximate surface area is 101 Å². The van der Waals surface area contributed by atoms with Crippen molar-refractivity contribution in [3.8, 4) is 17.7 Å². The van der Waals surface area contributed by atoms with Gasteiger partial charge < -0.3 is 10.5 Å². The molecule has 0 spiro atoms. The maximum atomic E-state index is 13.5. The van der Waals surface area contributed by atoms with Gasteiger partial charge >= 0.3 is 0 Å². The van der Waals surface area contributed by atoms with E-state index in [1.807, 2.05) is 6.07 Å². The summed E-state index contributed by atoms with van der Waals surface area (Å²) in [6.45, 7) is 0. The molecule has 0 aliphatic heterocycles. The topological polar surface area (TPSA) is 71.9 Å². The molecule has 0 saturated carbocycles. The van der Waals surface area contributed by atoms with Gasteiger partial charge in [-0.25, -0.2) is 13.8 Å². The van der Waals surface area contributed by atoms with E-state index in [2.05, 4.69) is 4.98 Å². The van der Waals surface area contributed by atoms with E-state index in [-0.39, 0.29) is 22.9 Å². The van der Waals surface area contributed by atoms with Crippen LogP contribution in [-0.4, -0.2) is 4.98 Å². The number of nitrogens with two attached hydrogens (primary N) is 1. The van der Waals surface area contributed by atoms with Crippen molar-refractivity contribution in [2.75, 3.05) is 5.73 Å². The molecule has 1 aromatic heterocycles. The Kier molecular flexibility index (Phi) is 3.06. The molecular weight excluding hydrogens is 240 g/mol. The molecule has 0 aliphatic carbocycles. The van der Waals surface area contributed by atoms with E-state index >= 15 is 0 Å². The molecule has 2 N–H and O–H groups in total. The number of pyridine rings is 1. The number of nitriles is 1. The van der Waals surface area contributed by atoms with Crippen LogP contribution in [-0.2, 0) is 0 Å². The van der Waals surface area contributed by atoms with Gasteiger partial charge in [-0.3, -0.25) is 0 Å². The maximum Gasteiger partial charge on any atom is 0.237 e. The SMILES string of the molecule is N#Cc1cccnc1Oc1cc(F)c(N)cc1F. The summed E-state index contributed by atoms with van der Waals surface area (Å²) in [6, 6.07) is 6.43. The van der Waals surface area contributed by atoms with Crippen molar-refractivity contribution in [3.63, 3.8) is 0 Å². The minimum absolute atomic E-state index is 0.0944. The predicted octanol–water partition coefficient (Wildman–Crippen LogP) is 2.61. The van der Waals surface area contributed by atoms with Crippen molar-refractivity contribution in [1.29, 1.82) is 5.26 Å². The third kappa shape index (κ3) is 2.20. The van der Waals surface area contributed by atoms with Crippen molar-refractivity contribution in [2.24, 2.45) is 0 Å². The Morgan fingerprint density at radius 3 is 2.78 bits per heavy atom. The number of aromatic nitrogens is 1. The Morgan fingerprint density at radius 1 is 1.28 bits per heavy atom. The lowest BCUT2D eigenvalue weighted by atomic mass is 10.2. The van der Waals surface area contributed by atoms with Crippen LogP contribution >= 0.6 is 0 Å². The summed E-state index contributed by atoms with van der Waals surface area (Å²) in [5, 5.41) is 8.81. The molecule has 0 saturated heterocycles. The number of hydrogen-bond acceptors (Lipinski definition) is 4. The summed E-state index contributed by atoms with van der Waals surface area (Å²) in [5.74, 6) is -2.11. The zero-order valence-corrected chi connectivity index (χ0v) is 9.02. The van der Waals surface area contributed by atoms with E-state index < -0.39 is 11.6 Å². The Hall–Kier alpha value is -2.68. The van der Waals surface area contributed by atoms with Gasteiger partial charge in [-0.2, -0.15) is 5.26 Å². The minimum atomic E-state index is -0.830. The molecular formula is C12H7F2N3O. The minimum Gasteiger partial charge on any atom is -0.434 e. The van der Waals surface area contributed by atoms with Crippen LogP contribution < -0.4 is 10.5 Å². The number of ether oxygens (including phenoxy) is 1. The van der Waals surface area contributed by atoms with E-state index in [4.69, 9.17) is 15.7 Å². The monoisotopic (exact) mass is 247 g/mol. The molecule has 18 heavy (non-hydrogen) atoms. The van der Waals surface area contributed by atoms with E-state index in [0.717, 1.165) is 12.1 Å². The van der Waals surface area contributed by atoms with Crippen LogP contribution in [0, 0.1) is 23.0 Å². The summed E-state index contributed by atoms with van der Waals surface area (Å²) in [7, 11) is 0. The van der Waals surface area contributed by atoms with E-state index in [1.54, 1.807) is 0 Å². The lowest BCUT2D eigenvalue weighted by Gasteiger charge is -2.07. The van der Waals surface area contributed by atoms with Crippen molar-refractivity contribution in [1.82, 2.24) is 4.98 Å². The first-order valence-electron chi connectivity index (χ1n) is 4.89. The lowest BCUT2D eigenvalue weighted by Crippen LogP contribution is -1.97. The molecule has 0 amide bonds. The van der Waals surface area contributed by atoms with Crippen LogP contribution in [0.15, 0.2) is 30.5 Å². The first kappa shape index (κ1) is 11.8. The van der Waals surface area contributed by atoms with E-state index in [0.29, 0.717) is 0 Å². The van der Waals surface area contributed by atoms with Gasteiger partial charge in [-0.15, -0.1) is 0 Å². The molecule has 4 nitrogen and oxygen atoms in total. The van der Waals surface area contributed by atoms with Gasteiger partial charge in [0.1, 0.15) is 17.4 Å². The van der Waals surface area contributed by atoms with E-state index in [1.165, 1.54) is 18.3 Å². The van der Waals surface area contributed by atoms with Crippen molar-refractivity contribution in [3.05, 3.63) is 47.7 Å². The molecule has 6 heteroatoms. The van der Waals surface area contributed by atoms with Crippen LogP contribution in [0.25, 0.3) is 0 Å². The van der Waals surface area contributed by atoms with Crippen molar-refractivity contribution >= 4 is 5.69 Å². The molecule has 1 aromatic carbocycles. The average molecular weight is 247 g/mol. The van der Waals surface area contributed by atoms with Gasteiger partial charge in [-0.1, -0.05) is 0 Å². The van der Waals surface area contributed by atoms with Gasteiger partial charge in [0.2, 0.25) is 5.88 Å². The summed E-state index contributed by atoms with van der Waals surface area (Å²) in [5.41, 5.74) is 5.00. The Balaban J connectivity index is 2.41. The van der Waals surface area contributed by atoms with Crippen LogP contribution in [0.3, 0.4) is 0 Å². The number of benzene rings is 1. The fourth-order valence-corrected chi connectivity index (χ4v) is 1.28. The smallest absolute Gasteiger partial charge is 0.237 e. The molecule has 0 aliphatic rings. The number of nitrogen functional groups attached to an aromatic ring is 1. The zero-order chi connectivity index (χ0) is 13.1. The van der Waals surface area contributed by atoms with Crippen LogP contribution in [0.1, 0.15) is 5.56 Å². The summed E-state index contributed by atoms with van der Waals surface area (Å²) >= 11 is 0. The Morgan fingerprint density at radius 2 is 2.06 bits per heavy atom. The van der Waals surface area contributed by atoms with Crippen molar-refractivity contribution in [2.45, 2.75) is 0 Å². The second-order valence-electron chi connectivity index (χ2n) is 3.37. The maximum absolute atomic E-state index is 13.5. The number of nitrogens with zero attached hydrogens (tertiary/aromatic N) is 2. The largest absolute Gasteiger partial charge is 0.434 e. The molecule has 0 fully saturated rings. The zero-order valence-electron chi connectivity index (χ0n) is 9.02. The summed E-state index contributed by atoms with van der Waals surface area (Å²) < 4.78 is 31.7. The van der Waals surface area contributed by atoms with Crippen LogP contribution in [0.5, 0.6) is 11.6 Å². The fourth-order valence-electron chi connectivity index (χ4n) is 1.28. The number of hydrogen-bond donors (Lipinski definition) is 1. The molecule has 90 valence electrons. The fraction of sp³-hybridized carbons (Fsp3) is 0. The van der Waals surface area contributed by atoms with Crippen LogP contribution in [0.2, 0.25) is 0 Å². The highest BCUT2D eigenvalue weighted by atomic mass is 19.1. The average Bonchev–Trinajstić information content (AvgIpc) is 2.36. The Bertz CT molecular complexity index is 638. The van der Waals surface area contributed by atoms with Gasteiger partial charge in [0, 0.05) is 18.3 Å². The number of halogens is 2. The van der Waals surface area contributed by atoms with Gasteiger partial charge in [-0.05, 0) is 12.1 Å². The predicted molar refractivity (Wildman–Crippen MR) is 59.8 cm³/mol. The number of anilines is 1. The lowest BCUT2D eigenvalue weighted by molar-refractivity contribution is 0.422. The van der Waals surface area contributed by atoms with E-state index in [9.17, 15) is 8.78 Å². The molecule has 0 bridgehead atoms. The third-order valence-corrected chi connectivity index (χ3v) is 2.15. The highest BCUT2D eigenvalue weighted by molar-refractivity contribution is 5.47. The summed E-state index contributed by atoms with van der Waals surface area (Å²) in [4.78, 5) is 3.77. The van der Waals surface area contributed by atoms with Gasteiger partial charge in [0.25, 0.3) is 0 Å². The molecule has 0 unspecified atom stereocenters. The third-order valence-electron chi connectivity index (χ3n) is 2.15. The normalized spacial score (nSPS) is 9.83. The van der Waals surface area contributed by atoms with Gasteiger partial charge in [0.15, 0.2) is 11.6 Å². The van der Waals surface area contributed by atoms with Gasteiger partial charge in [0.05, 0.1) is 5.69 Å². The molecule has 0 radical (unpaired) electrons.